The van der Waals surface area contributed by atoms with Crippen LogP contribution in [0, 0.1) is 0 Å². The van der Waals surface area contributed by atoms with Gasteiger partial charge in [0.2, 0.25) is 5.75 Å². The molecule has 0 heterocycles. The Morgan fingerprint density at radius 3 is 2.24 bits per heavy atom. The molecule has 2 rings (SSSR count). The molecule has 2 N–H and O–H groups in total. The maximum absolute atomic E-state index is 12.5. The van der Waals surface area contributed by atoms with Crippen LogP contribution in [0.1, 0.15) is 48.9 Å². The number of carbonyl (C=O) groups excluding carboxylic acids is 1. The molecule has 1 aromatic rings. The van der Waals surface area contributed by atoms with Gasteiger partial charge in [-0.05, 0) is 25.0 Å². The minimum absolute atomic E-state index is 0.180. The fraction of sp³-hybridized carbons (Fsp3) is 0.632. The lowest BCUT2D eigenvalue weighted by atomic mass is 10.1. The number of ether oxygens (including phenoxy) is 3. The van der Waals surface area contributed by atoms with Crippen LogP contribution in [0.15, 0.2) is 12.1 Å². The van der Waals surface area contributed by atoms with Crippen molar-refractivity contribution in [1.29, 1.82) is 0 Å². The maximum Gasteiger partial charge on any atom is 0.255 e. The maximum atomic E-state index is 12.5. The highest BCUT2D eigenvalue weighted by Crippen LogP contribution is 2.39. The predicted molar refractivity (Wildman–Crippen MR) is 97.9 cm³/mol. The van der Waals surface area contributed by atoms with E-state index in [0.29, 0.717) is 35.4 Å². The summed E-state index contributed by atoms with van der Waals surface area (Å²) in [5.41, 5.74) is 0.439. The van der Waals surface area contributed by atoms with E-state index in [1.807, 2.05) is 0 Å². The molecule has 0 unspecified atom stereocenters. The molecule has 1 aliphatic carbocycles. The lowest BCUT2D eigenvalue weighted by Crippen LogP contribution is -2.37. The molecule has 0 aromatic heterocycles. The van der Waals surface area contributed by atoms with E-state index in [-0.39, 0.29) is 5.91 Å². The Bertz CT molecular complexity index is 555. The first-order valence-electron chi connectivity index (χ1n) is 9.01. The fourth-order valence-electron chi connectivity index (χ4n) is 3.31. The van der Waals surface area contributed by atoms with Crippen molar-refractivity contribution >= 4 is 5.91 Å². The zero-order valence-electron chi connectivity index (χ0n) is 15.5. The van der Waals surface area contributed by atoms with E-state index in [1.54, 1.807) is 19.2 Å². The van der Waals surface area contributed by atoms with Crippen LogP contribution >= 0.6 is 0 Å². The average molecular weight is 350 g/mol. The number of hydrogen-bond donors (Lipinski definition) is 2. The lowest BCUT2D eigenvalue weighted by Gasteiger charge is -2.17. The predicted octanol–water partition coefficient (Wildman–Crippen LogP) is 2.75. The van der Waals surface area contributed by atoms with E-state index >= 15 is 0 Å². The molecule has 1 saturated carbocycles. The monoisotopic (exact) mass is 350 g/mol. The Labute approximate surface area is 150 Å². The number of benzene rings is 1. The van der Waals surface area contributed by atoms with Gasteiger partial charge in [-0.3, -0.25) is 4.79 Å². The summed E-state index contributed by atoms with van der Waals surface area (Å²) < 4.78 is 15.9. The smallest absolute Gasteiger partial charge is 0.255 e. The minimum Gasteiger partial charge on any atom is -0.493 e. The van der Waals surface area contributed by atoms with Gasteiger partial charge in [0.05, 0.1) is 26.9 Å². The molecular formula is C19H30N2O4. The van der Waals surface area contributed by atoms with Crippen LogP contribution in [0.2, 0.25) is 0 Å². The molecule has 0 bridgehead atoms. The zero-order valence-corrected chi connectivity index (χ0v) is 15.5. The van der Waals surface area contributed by atoms with Gasteiger partial charge in [-0.2, -0.15) is 0 Å². The molecule has 0 saturated heterocycles. The largest absolute Gasteiger partial charge is 0.493 e. The third kappa shape index (κ3) is 5.26. The summed E-state index contributed by atoms with van der Waals surface area (Å²) >= 11 is 0. The van der Waals surface area contributed by atoms with E-state index in [0.717, 1.165) is 6.54 Å². The summed E-state index contributed by atoms with van der Waals surface area (Å²) in [6.07, 6.45) is 7.75. The van der Waals surface area contributed by atoms with Crippen LogP contribution in [0.25, 0.3) is 0 Å². The van der Waals surface area contributed by atoms with Crippen molar-refractivity contribution in [2.75, 3.05) is 34.4 Å². The number of methoxy groups -OCH3 is 3. The lowest BCUT2D eigenvalue weighted by molar-refractivity contribution is 0.0949. The fourth-order valence-corrected chi connectivity index (χ4v) is 3.31. The second-order valence-electron chi connectivity index (χ2n) is 6.28. The van der Waals surface area contributed by atoms with Gasteiger partial charge in [0.1, 0.15) is 0 Å². The summed E-state index contributed by atoms with van der Waals surface area (Å²) in [5, 5.41) is 6.49. The summed E-state index contributed by atoms with van der Waals surface area (Å²) in [4.78, 5) is 12.5. The Kier molecular flexibility index (Phi) is 7.85. The topological polar surface area (TPSA) is 68.8 Å². The van der Waals surface area contributed by atoms with Gasteiger partial charge < -0.3 is 24.8 Å². The van der Waals surface area contributed by atoms with Crippen LogP contribution in [0.4, 0.5) is 0 Å². The first-order valence-corrected chi connectivity index (χ1v) is 9.01. The number of amides is 1. The highest BCUT2D eigenvalue weighted by Gasteiger charge is 2.20. The van der Waals surface area contributed by atoms with Crippen molar-refractivity contribution in [1.82, 2.24) is 10.6 Å². The second kappa shape index (κ2) is 10.1. The van der Waals surface area contributed by atoms with E-state index in [2.05, 4.69) is 10.6 Å². The molecule has 0 atom stereocenters. The standard InChI is InChI=1S/C19H30N2O4/c1-23-16-11-10-15(17(24-2)18(16)25-3)19(22)21-13-12-20-14-8-6-4-5-7-9-14/h10-11,14,20H,4-9,12-13H2,1-3H3,(H,21,22). The summed E-state index contributed by atoms with van der Waals surface area (Å²) in [6.45, 7) is 1.35. The van der Waals surface area contributed by atoms with Gasteiger partial charge >= 0.3 is 0 Å². The van der Waals surface area contributed by atoms with Gasteiger partial charge in [0.15, 0.2) is 11.5 Å². The van der Waals surface area contributed by atoms with Crippen molar-refractivity contribution in [3.8, 4) is 17.2 Å². The number of nitrogens with one attached hydrogen (secondary N) is 2. The molecule has 1 amide bonds. The Hall–Kier alpha value is -1.95. The molecule has 1 aromatic carbocycles. The van der Waals surface area contributed by atoms with Crippen LogP contribution in [-0.2, 0) is 0 Å². The van der Waals surface area contributed by atoms with E-state index in [4.69, 9.17) is 14.2 Å². The molecule has 6 heteroatoms. The third-order valence-corrected chi connectivity index (χ3v) is 4.65. The van der Waals surface area contributed by atoms with Gasteiger partial charge in [-0.15, -0.1) is 0 Å². The first-order chi connectivity index (χ1) is 12.2. The highest BCUT2D eigenvalue weighted by atomic mass is 16.5. The molecule has 140 valence electrons. The van der Waals surface area contributed by atoms with Crippen LogP contribution in [-0.4, -0.2) is 46.4 Å². The Morgan fingerprint density at radius 1 is 0.960 bits per heavy atom. The number of rotatable bonds is 8. The summed E-state index contributed by atoms with van der Waals surface area (Å²) in [6, 6.07) is 3.98. The molecule has 0 radical (unpaired) electrons. The molecule has 0 aliphatic heterocycles. The molecular weight excluding hydrogens is 320 g/mol. The van der Waals surface area contributed by atoms with Crippen molar-refractivity contribution in [2.24, 2.45) is 0 Å². The Balaban J connectivity index is 1.89. The number of hydrogen-bond acceptors (Lipinski definition) is 5. The number of carbonyl (C=O) groups is 1. The molecule has 0 spiro atoms. The minimum atomic E-state index is -0.180. The van der Waals surface area contributed by atoms with E-state index < -0.39 is 0 Å². The van der Waals surface area contributed by atoms with Crippen LogP contribution < -0.4 is 24.8 Å². The van der Waals surface area contributed by atoms with Gasteiger partial charge in [0.25, 0.3) is 5.91 Å². The third-order valence-electron chi connectivity index (χ3n) is 4.65. The Morgan fingerprint density at radius 2 is 1.64 bits per heavy atom. The second-order valence-corrected chi connectivity index (χ2v) is 6.28. The molecule has 1 fully saturated rings. The van der Waals surface area contributed by atoms with Crippen LogP contribution in [0.3, 0.4) is 0 Å². The van der Waals surface area contributed by atoms with Crippen LogP contribution in [0.5, 0.6) is 17.2 Å². The van der Waals surface area contributed by atoms with Gasteiger partial charge in [-0.1, -0.05) is 25.7 Å². The van der Waals surface area contributed by atoms with Crippen molar-refractivity contribution in [3.63, 3.8) is 0 Å². The molecule has 25 heavy (non-hydrogen) atoms. The first kappa shape index (κ1) is 19.4. The average Bonchev–Trinajstić information content (AvgIpc) is 2.92. The van der Waals surface area contributed by atoms with E-state index in [1.165, 1.54) is 52.7 Å². The summed E-state index contributed by atoms with van der Waals surface area (Å²) in [5.74, 6) is 1.16. The van der Waals surface area contributed by atoms with Gasteiger partial charge in [-0.25, -0.2) is 0 Å². The quantitative estimate of drug-likeness (QED) is 0.557. The van der Waals surface area contributed by atoms with E-state index in [9.17, 15) is 4.79 Å². The zero-order chi connectivity index (χ0) is 18.1. The van der Waals surface area contributed by atoms with Crippen molar-refractivity contribution in [2.45, 2.75) is 44.6 Å². The van der Waals surface area contributed by atoms with Gasteiger partial charge in [0, 0.05) is 19.1 Å². The molecule has 6 nitrogen and oxygen atoms in total. The SMILES string of the molecule is COc1ccc(C(=O)NCCNC2CCCCCC2)c(OC)c1OC. The van der Waals surface area contributed by atoms with Crippen molar-refractivity contribution < 1.29 is 19.0 Å². The normalized spacial score (nSPS) is 15.3. The van der Waals surface area contributed by atoms with Crippen molar-refractivity contribution in [3.05, 3.63) is 17.7 Å². The highest BCUT2D eigenvalue weighted by molar-refractivity contribution is 5.98. The molecule has 1 aliphatic rings. The summed E-state index contributed by atoms with van der Waals surface area (Å²) in [7, 11) is 4.59.